The molecular weight excluding hydrogens is 262 g/mol. The second-order valence-corrected chi connectivity index (χ2v) is 5.23. The van der Waals surface area contributed by atoms with Crippen LogP contribution < -0.4 is 11.1 Å². The maximum atomic E-state index is 12.2. The summed E-state index contributed by atoms with van der Waals surface area (Å²) in [5.74, 6) is -0.301. The van der Waals surface area contributed by atoms with Gasteiger partial charge in [-0.1, -0.05) is 0 Å². The molecule has 2 aliphatic heterocycles. The van der Waals surface area contributed by atoms with E-state index in [1.807, 2.05) is 0 Å². The average molecular weight is 285 g/mol. The molecular formula is C13H23N3O4. The van der Waals surface area contributed by atoms with Crippen LogP contribution in [0.25, 0.3) is 0 Å². The molecule has 3 unspecified atom stereocenters. The van der Waals surface area contributed by atoms with Crippen molar-refractivity contribution >= 4 is 11.8 Å². The molecule has 114 valence electrons. The third kappa shape index (κ3) is 3.68. The summed E-state index contributed by atoms with van der Waals surface area (Å²) in [6, 6.07) is -0.541. The number of hydrogen-bond acceptors (Lipinski definition) is 5. The summed E-state index contributed by atoms with van der Waals surface area (Å²) in [5.41, 5.74) is 5.51. The molecule has 3 N–H and O–H groups in total. The van der Waals surface area contributed by atoms with Crippen molar-refractivity contribution in [2.75, 3.05) is 32.8 Å². The molecule has 0 aromatic heterocycles. The highest BCUT2D eigenvalue weighted by atomic mass is 16.5. The molecule has 2 aliphatic rings. The largest absolute Gasteiger partial charge is 0.378 e. The highest BCUT2D eigenvalue weighted by Crippen LogP contribution is 2.19. The van der Waals surface area contributed by atoms with E-state index in [-0.39, 0.29) is 17.9 Å². The van der Waals surface area contributed by atoms with E-state index >= 15 is 0 Å². The standard InChI is InChI=1S/C13H23N3O4/c1-9(13(18)16-4-6-19-7-5-16)15-12(17)11-3-2-10(8-14)20-11/h9-11H,2-8,14H2,1H3,(H,15,17). The van der Waals surface area contributed by atoms with Crippen LogP contribution in [0.5, 0.6) is 0 Å². The Balaban J connectivity index is 1.79. The smallest absolute Gasteiger partial charge is 0.249 e. The Kier molecular flexibility index (Phi) is 5.33. The van der Waals surface area contributed by atoms with Crippen LogP contribution in [0.4, 0.5) is 0 Å². The minimum atomic E-state index is -0.541. The maximum absolute atomic E-state index is 12.2. The molecule has 0 aromatic carbocycles. The van der Waals surface area contributed by atoms with E-state index in [1.165, 1.54) is 0 Å². The van der Waals surface area contributed by atoms with Gasteiger partial charge < -0.3 is 25.4 Å². The number of nitrogens with two attached hydrogens (primary N) is 1. The highest BCUT2D eigenvalue weighted by Gasteiger charge is 2.32. The van der Waals surface area contributed by atoms with Gasteiger partial charge in [-0.15, -0.1) is 0 Å². The molecule has 20 heavy (non-hydrogen) atoms. The van der Waals surface area contributed by atoms with Crippen LogP contribution in [-0.2, 0) is 19.1 Å². The molecule has 2 amide bonds. The van der Waals surface area contributed by atoms with Crippen molar-refractivity contribution in [1.82, 2.24) is 10.2 Å². The third-order valence-corrected chi connectivity index (χ3v) is 3.71. The molecule has 3 atom stereocenters. The van der Waals surface area contributed by atoms with Crippen molar-refractivity contribution in [2.45, 2.75) is 38.0 Å². The van der Waals surface area contributed by atoms with E-state index in [2.05, 4.69) is 5.32 Å². The van der Waals surface area contributed by atoms with Gasteiger partial charge in [0.2, 0.25) is 11.8 Å². The zero-order chi connectivity index (χ0) is 14.5. The van der Waals surface area contributed by atoms with E-state index < -0.39 is 12.1 Å². The normalized spacial score (nSPS) is 28.2. The third-order valence-electron chi connectivity index (χ3n) is 3.71. The summed E-state index contributed by atoms with van der Waals surface area (Å²) >= 11 is 0. The minimum absolute atomic E-state index is 0.0454. The lowest BCUT2D eigenvalue weighted by Crippen LogP contribution is -2.52. The SMILES string of the molecule is CC(NC(=O)C1CCC(CN)O1)C(=O)N1CCOCC1. The Labute approximate surface area is 118 Å². The van der Waals surface area contributed by atoms with E-state index in [9.17, 15) is 9.59 Å². The number of nitrogens with one attached hydrogen (secondary N) is 1. The molecule has 0 aromatic rings. The van der Waals surface area contributed by atoms with Gasteiger partial charge in [0.1, 0.15) is 12.1 Å². The number of carbonyl (C=O) groups is 2. The van der Waals surface area contributed by atoms with Crippen LogP contribution in [0.2, 0.25) is 0 Å². The van der Waals surface area contributed by atoms with Gasteiger partial charge >= 0.3 is 0 Å². The summed E-state index contributed by atoms with van der Waals surface area (Å²) in [4.78, 5) is 25.9. The molecule has 0 bridgehead atoms. The number of nitrogens with zero attached hydrogens (tertiary/aromatic N) is 1. The van der Waals surface area contributed by atoms with Crippen LogP contribution in [0, 0.1) is 0 Å². The Morgan fingerprint density at radius 2 is 2.05 bits per heavy atom. The van der Waals surface area contributed by atoms with Crippen LogP contribution >= 0.6 is 0 Å². The summed E-state index contributed by atoms with van der Waals surface area (Å²) < 4.78 is 10.7. The van der Waals surface area contributed by atoms with Crippen molar-refractivity contribution in [1.29, 1.82) is 0 Å². The lowest BCUT2D eigenvalue weighted by atomic mass is 10.1. The van der Waals surface area contributed by atoms with Gasteiger partial charge in [0.25, 0.3) is 0 Å². The first kappa shape index (κ1) is 15.2. The van der Waals surface area contributed by atoms with Gasteiger partial charge in [-0.05, 0) is 19.8 Å². The summed E-state index contributed by atoms with van der Waals surface area (Å²) in [5, 5.41) is 2.73. The van der Waals surface area contributed by atoms with Crippen LogP contribution in [-0.4, -0.2) is 67.8 Å². The van der Waals surface area contributed by atoms with Gasteiger partial charge in [0, 0.05) is 19.6 Å². The first-order chi connectivity index (χ1) is 9.61. The quantitative estimate of drug-likeness (QED) is 0.681. The van der Waals surface area contributed by atoms with Gasteiger partial charge in [-0.3, -0.25) is 9.59 Å². The predicted molar refractivity (Wildman–Crippen MR) is 72.0 cm³/mol. The predicted octanol–water partition coefficient (Wildman–Crippen LogP) is -1.14. The summed E-state index contributed by atoms with van der Waals surface area (Å²) in [7, 11) is 0. The fourth-order valence-corrected chi connectivity index (χ4v) is 2.50. The molecule has 2 saturated heterocycles. The maximum Gasteiger partial charge on any atom is 0.249 e. The van der Waals surface area contributed by atoms with Gasteiger partial charge in [-0.25, -0.2) is 0 Å². The van der Waals surface area contributed by atoms with Gasteiger partial charge in [0.15, 0.2) is 0 Å². The van der Waals surface area contributed by atoms with Crippen LogP contribution in [0.15, 0.2) is 0 Å². The first-order valence-corrected chi connectivity index (χ1v) is 7.14. The zero-order valence-electron chi connectivity index (χ0n) is 11.8. The number of hydrogen-bond donors (Lipinski definition) is 2. The van der Waals surface area contributed by atoms with E-state index in [4.69, 9.17) is 15.2 Å². The number of ether oxygens (including phenoxy) is 2. The fraction of sp³-hybridized carbons (Fsp3) is 0.846. The van der Waals surface area contributed by atoms with E-state index in [1.54, 1.807) is 11.8 Å². The average Bonchev–Trinajstić information content (AvgIpc) is 2.96. The molecule has 7 heteroatoms. The molecule has 0 spiro atoms. The molecule has 2 fully saturated rings. The molecule has 7 nitrogen and oxygen atoms in total. The molecule has 0 saturated carbocycles. The second-order valence-electron chi connectivity index (χ2n) is 5.23. The molecule has 2 heterocycles. The van der Waals surface area contributed by atoms with Gasteiger partial charge in [-0.2, -0.15) is 0 Å². The number of amides is 2. The van der Waals surface area contributed by atoms with Crippen LogP contribution in [0.3, 0.4) is 0 Å². The van der Waals surface area contributed by atoms with Crippen LogP contribution in [0.1, 0.15) is 19.8 Å². The Hall–Kier alpha value is -1.18. The topological polar surface area (TPSA) is 93.9 Å². The molecule has 0 radical (unpaired) electrons. The summed E-state index contributed by atoms with van der Waals surface area (Å²) in [6.45, 7) is 4.38. The van der Waals surface area contributed by atoms with E-state index in [0.717, 1.165) is 6.42 Å². The number of morpholine rings is 1. The number of rotatable bonds is 4. The molecule has 2 rings (SSSR count). The Morgan fingerprint density at radius 1 is 1.35 bits per heavy atom. The van der Waals surface area contributed by atoms with Crippen molar-refractivity contribution in [3.05, 3.63) is 0 Å². The summed E-state index contributed by atoms with van der Waals surface area (Å²) in [6.07, 6.45) is 0.923. The van der Waals surface area contributed by atoms with Crippen molar-refractivity contribution in [2.24, 2.45) is 5.73 Å². The second kappa shape index (κ2) is 7.01. The minimum Gasteiger partial charge on any atom is -0.378 e. The Morgan fingerprint density at radius 3 is 2.65 bits per heavy atom. The molecule has 0 aliphatic carbocycles. The van der Waals surface area contributed by atoms with Crippen molar-refractivity contribution in [3.63, 3.8) is 0 Å². The van der Waals surface area contributed by atoms with E-state index in [0.29, 0.717) is 39.3 Å². The lowest BCUT2D eigenvalue weighted by Gasteiger charge is -2.29. The number of carbonyl (C=O) groups excluding carboxylic acids is 2. The highest BCUT2D eigenvalue weighted by molar-refractivity contribution is 5.89. The fourth-order valence-electron chi connectivity index (χ4n) is 2.50. The van der Waals surface area contributed by atoms with Crippen molar-refractivity contribution in [3.8, 4) is 0 Å². The van der Waals surface area contributed by atoms with Crippen molar-refractivity contribution < 1.29 is 19.1 Å². The van der Waals surface area contributed by atoms with Gasteiger partial charge in [0.05, 0.1) is 19.3 Å². The monoisotopic (exact) mass is 285 g/mol. The Bertz CT molecular complexity index is 358. The lowest BCUT2D eigenvalue weighted by molar-refractivity contribution is -0.142. The first-order valence-electron chi connectivity index (χ1n) is 7.14. The zero-order valence-corrected chi connectivity index (χ0v) is 11.8.